The molecule has 6 heteroatoms. The molecular formula is C8H13F3N2O. The third kappa shape index (κ3) is 2.37. The summed E-state index contributed by atoms with van der Waals surface area (Å²) in [6.45, 7) is 1.95. The van der Waals surface area contributed by atoms with Gasteiger partial charge in [-0.3, -0.25) is 4.79 Å². The first kappa shape index (κ1) is 11.3. The fourth-order valence-corrected chi connectivity index (χ4v) is 1.53. The van der Waals surface area contributed by atoms with E-state index in [9.17, 15) is 18.0 Å². The molecule has 2 unspecified atom stereocenters. The Labute approximate surface area is 80.0 Å². The monoisotopic (exact) mass is 210 g/mol. The lowest BCUT2D eigenvalue weighted by Gasteiger charge is -2.35. The van der Waals surface area contributed by atoms with Crippen LogP contribution in [-0.4, -0.2) is 36.1 Å². The molecule has 2 atom stereocenters. The maximum absolute atomic E-state index is 12.0. The van der Waals surface area contributed by atoms with Crippen LogP contribution >= 0.6 is 0 Å². The number of piperidine rings is 1. The van der Waals surface area contributed by atoms with Crippen LogP contribution in [0.4, 0.5) is 13.2 Å². The van der Waals surface area contributed by atoms with Gasteiger partial charge in [0, 0.05) is 19.1 Å². The summed E-state index contributed by atoms with van der Waals surface area (Å²) < 4.78 is 36.1. The van der Waals surface area contributed by atoms with Gasteiger partial charge in [0.2, 0.25) is 0 Å². The Morgan fingerprint density at radius 3 is 2.50 bits per heavy atom. The van der Waals surface area contributed by atoms with Crippen molar-refractivity contribution in [2.75, 3.05) is 13.1 Å². The number of hydrogen-bond acceptors (Lipinski definition) is 2. The SMILES string of the molecule is CC1CN(C(=O)C(F)(F)F)CCC1N. The van der Waals surface area contributed by atoms with Crippen molar-refractivity contribution in [3.63, 3.8) is 0 Å². The Hall–Kier alpha value is -0.780. The molecule has 82 valence electrons. The lowest BCUT2D eigenvalue weighted by molar-refractivity contribution is -0.187. The molecule has 1 fully saturated rings. The average Bonchev–Trinajstić information content (AvgIpc) is 2.07. The molecule has 1 amide bonds. The van der Waals surface area contributed by atoms with Gasteiger partial charge < -0.3 is 10.6 Å². The Bertz CT molecular complexity index is 229. The van der Waals surface area contributed by atoms with Gasteiger partial charge in [0.25, 0.3) is 0 Å². The van der Waals surface area contributed by atoms with Gasteiger partial charge in [-0.05, 0) is 12.3 Å². The van der Waals surface area contributed by atoms with E-state index in [1.54, 1.807) is 6.92 Å². The summed E-state index contributed by atoms with van der Waals surface area (Å²) in [5.74, 6) is -1.83. The molecule has 0 aromatic rings. The molecule has 1 heterocycles. The van der Waals surface area contributed by atoms with Crippen molar-refractivity contribution in [1.29, 1.82) is 0 Å². The highest BCUT2D eigenvalue weighted by Gasteiger charge is 2.43. The fraction of sp³-hybridized carbons (Fsp3) is 0.875. The number of likely N-dealkylation sites (tertiary alicyclic amines) is 1. The molecule has 0 spiro atoms. The zero-order valence-corrected chi connectivity index (χ0v) is 7.84. The smallest absolute Gasteiger partial charge is 0.335 e. The number of carbonyl (C=O) groups is 1. The Morgan fingerprint density at radius 1 is 1.50 bits per heavy atom. The predicted octanol–water partition coefficient (Wildman–Crippen LogP) is 0.744. The lowest BCUT2D eigenvalue weighted by atomic mass is 9.95. The highest BCUT2D eigenvalue weighted by molar-refractivity contribution is 5.81. The summed E-state index contributed by atoms with van der Waals surface area (Å²) >= 11 is 0. The summed E-state index contributed by atoms with van der Waals surface area (Å²) in [5.41, 5.74) is 5.63. The number of rotatable bonds is 0. The van der Waals surface area contributed by atoms with Crippen molar-refractivity contribution in [3.05, 3.63) is 0 Å². The quantitative estimate of drug-likeness (QED) is 0.641. The van der Waals surface area contributed by atoms with Crippen molar-refractivity contribution >= 4 is 5.91 Å². The summed E-state index contributed by atoms with van der Waals surface area (Å²) in [6.07, 6.45) is -4.33. The highest BCUT2D eigenvalue weighted by Crippen LogP contribution is 2.22. The molecule has 0 aliphatic carbocycles. The van der Waals surface area contributed by atoms with E-state index in [0.717, 1.165) is 4.90 Å². The van der Waals surface area contributed by atoms with Gasteiger partial charge in [0.05, 0.1) is 0 Å². The second kappa shape index (κ2) is 3.76. The van der Waals surface area contributed by atoms with Gasteiger partial charge in [-0.1, -0.05) is 6.92 Å². The zero-order chi connectivity index (χ0) is 10.9. The number of carbonyl (C=O) groups excluding carboxylic acids is 1. The summed E-state index contributed by atoms with van der Waals surface area (Å²) in [5, 5.41) is 0. The van der Waals surface area contributed by atoms with Crippen molar-refractivity contribution in [3.8, 4) is 0 Å². The van der Waals surface area contributed by atoms with Crippen molar-refractivity contribution < 1.29 is 18.0 Å². The van der Waals surface area contributed by atoms with Crippen LogP contribution in [0.1, 0.15) is 13.3 Å². The third-order valence-electron chi connectivity index (χ3n) is 2.50. The van der Waals surface area contributed by atoms with E-state index in [-0.39, 0.29) is 25.0 Å². The fourth-order valence-electron chi connectivity index (χ4n) is 1.53. The van der Waals surface area contributed by atoms with Gasteiger partial charge in [-0.15, -0.1) is 0 Å². The summed E-state index contributed by atoms with van der Waals surface area (Å²) in [4.78, 5) is 11.7. The predicted molar refractivity (Wildman–Crippen MR) is 44.4 cm³/mol. The summed E-state index contributed by atoms with van der Waals surface area (Å²) in [6, 6.07) is -0.104. The average molecular weight is 210 g/mol. The van der Waals surface area contributed by atoms with E-state index in [4.69, 9.17) is 5.73 Å². The topological polar surface area (TPSA) is 46.3 Å². The molecule has 1 saturated heterocycles. The molecule has 0 aromatic heterocycles. The number of alkyl halides is 3. The van der Waals surface area contributed by atoms with E-state index < -0.39 is 12.1 Å². The Balaban J connectivity index is 2.59. The molecule has 14 heavy (non-hydrogen) atoms. The third-order valence-corrected chi connectivity index (χ3v) is 2.50. The van der Waals surface area contributed by atoms with Crippen LogP contribution in [0.2, 0.25) is 0 Å². The maximum atomic E-state index is 12.0. The first-order valence-electron chi connectivity index (χ1n) is 4.44. The van der Waals surface area contributed by atoms with Crippen LogP contribution < -0.4 is 5.73 Å². The van der Waals surface area contributed by atoms with Gasteiger partial charge >= 0.3 is 12.1 Å². The maximum Gasteiger partial charge on any atom is 0.471 e. The van der Waals surface area contributed by atoms with Crippen LogP contribution in [-0.2, 0) is 4.79 Å². The number of halogens is 3. The number of amides is 1. The zero-order valence-electron chi connectivity index (χ0n) is 7.84. The summed E-state index contributed by atoms with van der Waals surface area (Å²) in [7, 11) is 0. The van der Waals surface area contributed by atoms with E-state index in [1.807, 2.05) is 0 Å². The normalized spacial score (nSPS) is 29.1. The first-order valence-corrected chi connectivity index (χ1v) is 4.44. The number of nitrogens with zero attached hydrogens (tertiary/aromatic N) is 1. The van der Waals surface area contributed by atoms with Gasteiger partial charge in [0.15, 0.2) is 0 Å². The number of nitrogens with two attached hydrogens (primary N) is 1. The van der Waals surface area contributed by atoms with E-state index in [2.05, 4.69) is 0 Å². The second-order valence-corrected chi connectivity index (χ2v) is 3.68. The van der Waals surface area contributed by atoms with Crippen molar-refractivity contribution in [2.24, 2.45) is 11.7 Å². The minimum absolute atomic E-state index is 0.0740. The van der Waals surface area contributed by atoms with Crippen molar-refractivity contribution in [2.45, 2.75) is 25.6 Å². The largest absolute Gasteiger partial charge is 0.471 e. The first-order chi connectivity index (χ1) is 6.32. The van der Waals surface area contributed by atoms with Gasteiger partial charge in [-0.2, -0.15) is 13.2 Å². The minimum Gasteiger partial charge on any atom is -0.335 e. The van der Waals surface area contributed by atoms with Crippen LogP contribution in [0.15, 0.2) is 0 Å². The second-order valence-electron chi connectivity index (χ2n) is 3.68. The standard InChI is InChI=1S/C8H13F3N2O/c1-5-4-13(3-2-6(5)12)7(14)8(9,10)11/h5-6H,2-4,12H2,1H3. The molecule has 1 aliphatic rings. The molecule has 0 radical (unpaired) electrons. The van der Waals surface area contributed by atoms with Crippen LogP contribution in [0, 0.1) is 5.92 Å². The highest BCUT2D eigenvalue weighted by atomic mass is 19.4. The lowest BCUT2D eigenvalue weighted by Crippen LogP contribution is -2.51. The van der Waals surface area contributed by atoms with Gasteiger partial charge in [0.1, 0.15) is 0 Å². The molecule has 0 saturated carbocycles. The minimum atomic E-state index is -4.76. The molecule has 1 aliphatic heterocycles. The van der Waals surface area contributed by atoms with E-state index >= 15 is 0 Å². The van der Waals surface area contributed by atoms with Crippen LogP contribution in [0.25, 0.3) is 0 Å². The molecular weight excluding hydrogens is 197 g/mol. The van der Waals surface area contributed by atoms with Crippen molar-refractivity contribution in [1.82, 2.24) is 4.90 Å². The van der Waals surface area contributed by atoms with Crippen LogP contribution in [0.3, 0.4) is 0 Å². The van der Waals surface area contributed by atoms with Crippen LogP contribution in [0.5, 0.6) is 0 Å². The Morgan fingerprint density at radius 2 is 2.07 bits per heavy atom. The molecule has 1 rings (SSSR count). The Kier molecular flexibility index (Phi) is 3.04. The van der Waals surface area contributed by atoms with E-state index in [1.165, 1.54) is 0 Å². The molecule has 0 aromatic carbocycles. The van der Waals surface area contributed by atoms with E-state index in [0.29, 0.717) is 6.42 Å². The van der Waals surface area contributed by atoms with Gasteiger partial charge in [-0.25, -0.2) is 0 Å². The molecule has 3 nitrogen and oxygen atoms in total. The molecule has 2 N–H and O–H groups in total. The molecule has 0 bridgehead atoms. The number of hydrogen-bond donors (Lipinski definition) is 1.